The Kier molecular flexibility index (Phi) is 5.22. The molecule has 1 atom stereocenters. The number of nitrogen functional groups attached to an aromatic ring is 1. The number of nitrogens with zero attached hydrogens (tertiary/aromatic N) is 1. The molecular formula is C15H27N3O2. The molecule has 0 saturated carbocycles. The van der Waals surface area contributed by atoms with Gasteiger partial charge in [0.05, 0.1) is 11.3 Å². The number of amides is 1. The molecule has 5 heteroatoms. The highest BCUT2D eigenvalue weighted by Crippen LogP contribution is 2.18. The van der Waals surface area contributed by atoms with Crippen LogP contribution in [-0.4, -0.2) is 27.7 Å². The second-order valence-electron chi connectivity index (χ2n) is 6.44. The van der Waals surface area contributed by atoms with Gasteiger partial charge in [-0.05, 0) is 39.2 Å². The quantitative estimate of drug-likeness (QED) is 0.747. The molecule has 0 radical (unpaired) electrons. The summed E-state index contributed by atoms with van der Waals surface area (Å²) in [7, 11) is 0. The second-order valence-corrected chi connectivity index (χ2v) is 6.44. The van der Waals surface area contributed by atoms with Crippen LogP contribution in [0.1, 0.15) is 57.6 Å². The standard InChI is InChI=1S/C15H27N3O2/c1-10(2)7-15(5,20)9-17-14(19)13-6-12(16)8-18(13)11(3)4/h6,8,10-11,20H,7,9,16H2,1-5H3,(H,17,19). The van der Waals surface area contributed by atoms with E-state index in [1.807, 2.05) is 32.3 Å². The zero-order valence-electron chi connectivity index (χ0n) is 13.1. The molecule has 0 fully saturated rings. The molecule has 1 heterocycles. The number of aromatic nitrogens is 1. The first kappa shape index (κ1) is 16.6. The van der Waals surface area contributed by atoms with Gasteiger partial charge in [-0.3, -0.25) is 4.79 Å². The van der Waals surface area contributed by atoms with Crippen LogP contribution in [0.15, 0.2) is 12.3 Å². The summed E-state index contributed by atoms with van der Waals surface area (Å²) in [4.78, 5) is 12.2. The topological polar surface area (TPSA) is 80.3 Å². The molecule has 1 aromatic heterocycles. The molecule has 1 amide bonds. The molecule has 0 spiro atoms. The number of anilines is 1. The van der Waals surface area contributed by atoms with E-state index in [1.54, 1.807) is 19.2 Å². The lowest BCUT2D eigenvalue weighted by Crippen LogP contribution is -2.42. The molecule has 0 bridgehead atoms. The van der Waals surface area contributed by atoms with Gasteiger partial charge in [0.2, 0.25) is 0 Å². The Balaban J connectivity index is 2.73. The predicted molar refractivity (Wildman–Crippen MR) is 81.6 cm³/mol. The van der Waals surface area contributed by atoms with E-state index < -0.39 is 5.60 Å². The summed E-state index contributed by atoms with van der Waals surface area (Å²) in [5.41, 5.74) is 5.95. The van der Waals surface area contributed by atoms with Gasteiger partial charge in [0, 0.05) is 18.8 Å². The van der Waals surface area contributed by atoms with Gasteiger partial charge < -0.3 is 20.7 Å². The van der Waals surface area contributed by atoms with Crippen molar-refractivity contribution in [3.05, 3.63) is 18.0 Å². The lowest BCUT2D eigenvalue weighted by atomic mass is 9.94. The monoisotopic (exact) mass is 281 g/mol. The molecule has 114 valence electrons. The van der Waals surface area contributed by atoms with Crippen molar-refractivity contribution in [1.29, 1.82) is 0 Å². The summed E-state index contributed by atoms with van der Waals surface area (Å²) in [5.74, 6) is 0.163. The third kappa shape index (κ3) is 4.56. The van der Waals surface area contributed by atoms with Crippen LogP contribution < -0.4 is 11.1 Å². The average molecular weight is 281 g/mol. The summed E-state index contributed by atoms with van der Waals surface area (Å²) in [6.45, 7) is 10.0. The number of aliphatic hydroxyl groups is 1. The number of hydrogen-bond donors (Lipinski definition) is 3. The lowest BCUT2D eigenvalue weighted by Gasteiger charge is -2.25. The fourth-order valence-electron chi connectivity index (χ4n) is 2.42. The fraction of sp³-hybridized carbons (Fsp3) is 0.667. The molecule has 0 aromatic carbocycles. The van der Waals surface area contributed by atoms with Crippen LogP contribution >= 0.6 is 0 Å². The molecule has 1 unspecified atom stereocenters. The van der Waals surface area contributed by atoms with Gasteiger partial charge in [0.15, 0.2) is 0 Å². The third-order valence-electron chi connectivity index (χ3n) is 3.14. The fourth-order valence-corrected chi connectivity index (χ4v) is 2.42. The summed E-state index contributed by atoms with van der Waals surface area (Å²) >= 11 is 0. The first-order valence-corrected chi connectivity index (χ1v) is 7.10. The van der Waals surface area contributed by atoms with Crippen molar-refractivity contribution in [2.75, 3.05) is 12.3 Å². The summed E-state index contributed by atoms with van der Waals surface area (Å²) < 4.78 is 1.84. The maximum absolute atomic E-state index is 12.2. The van der Waals surface area contributed by atoms with Crippen LogP contribution in [-0.2, 0) is 0 Å². The largest absolute Gasteiger partial charge is 0.397 e. The van der Waals surface area contributed by atoms with E-state index >= 15 is 0 Å². The molecule has 0 aliphatic carbocycles. The highest BCUT2D eigenvalue weighted by Gasteiger charge is 2.24. The van der Waals surface area contributed by atoms with E-state index in [0.717, 1.165) is 0 Å². The van der Waals surface area contributed by atoms with E-state index in [0.29, 0.717) is 23.7 Å². The van der Waals surface area contributed by atoms with Crippen LogP contribution in [0.5, 0.6) is 0 Å². The number of nitrogens with two attached hydrogens (primary N) is 1. The van der Waals surface area contributed by atoms with Crippen LogP contribution in [0.2, 0.25) is 0 Å². The molecule has 0 aliphatic rings. The van der Waals surface area contributed by atoms with Gasteiger partial charge in [0.25, 0.3) is 5.91 Å². The Labute approximate surface area is 121 Å². The van der Waals surface area contributed by atoms with Crippen molar-refractivity contribution in [2.45, 2.75) is 52.7 Å². The van der Waals surface area contributed by atoms with E-state index in [4.69, 9.17) is 5.73 Å². The van der Waals surface area contributed by atoms with Gasteiger partial charge in [0.1, 0.15) is 5.69 Å². The minimum Gasteiger partial charge on any atom is -0.397 e. The Morgan fingerprint density at radius 2 is 2.05 bits per heavy atom. The normalized spacial score (nSPS) is 14.6. The Bertz CT molecular complexity index is 462. The first-order valence-electron chi connectivity index (χ1n) is 7.10. The molecule has 0 saturated heterocycles. The van der Waals surface area contributed by atoms with Gasteiger partial charge in [-0.1, -0.05) is 13.8 Å². The van der Waals surface area contributed by atoms with Gasteiger partial charge in [-0.25, -0.2) is 0 Å². The summed E-state index contributed by atoms with van der Waals surface area (Å²) in [6.07, 6.45) is 2.40. The molecule has 1 aromatic rings. The minimum absolute atomic E-state index is 0.157. The van der Waals surface area contributed by atoms with E-state index in [9.17, 15) is 9.90 Å². The third-order valence-corrected chi connectivity index (χ3v) is 3.14. The number of nitrogens with one attached hydrogen (secondary N) is 1. The van der Waals surface area contributed by atoms with Crippen molar-refractivity contribution >= 4 is 11.6 Å². The van der Waals surface area contributed by atoms with Crippen molar-refractivity contribution in [2.24, 2.45) is 5.92 Å². The van der Waals surface area contributed by atoms with Gasteiger partial charge in [-0.2, -0.15) is 0 Å². The molecule has 4 N–H and O–H groups in total. The van der Waals surface area contributed by atoms with Gasteiger partial charge >= 0.3 is 0 Å². The number of rotatable bonds is 6. The predicted octanol–water partition coefficient (Wildman–Crippen LogP) is 2.18. The number of carbonyl (C=O) groups excluding carboxylic acids is 1. The zero-order chi connectivity index (χ0) is 15.5. The highest BCUT2D eigenvalue weighted by molar-refractivity contribution is 5.93. The smallest absolute Gasteiger partial charge is 0.268 e. The van der Waals surface area contributed by atoms with Gasteiger partial charge in [-0.15, -0.1) is 0 Å². The Morgan fingerprint density at radius 1 is 1.45 bits per heavy atom. The first-order chi connectivity index (χ1) is 9.12. The molecule has 20 heavy (non-hydrogen) atoms. The molecule has 0 aliphatic heterocycles. The van der Waals surface area contributed by atoms with E-state index in [2.05, 4.69) is 5.32 Å². The Hall–Kier alpha value is -1.49. The van der Waals surface area contributed by atoms with Crippen LogP contribution in [0.4, 0.5) is 5.69 Å². The maximum atomic E-state index is 12.2. The average Bonchev–Trinajstić information content (AvgIpc) is 2.67. The minimum atomic E-state index is -0.898. The molecular weight excluding hydrogens is 254 g/mol. The van der Waals surface area contributed by atoms with Crippen molar-refractivity contribution in [1.82, 2.24) is 9.88 Å². The van der Waals surface area contributed by atoms with Crippen LogP contribution in [0.25, 0.3) is 0 Å². The van der Waals surface area contributed by atoms with Crippen molar-refractivity contribution in [3.63, 3.8) is 0 Å². The number of hydrogen-bond acceptors (Lipinski definition) is 3. The highest BCUT2D eigenvalue weighted by atomic mass is 16.3. The summed E-state index contributed by atoms with van der Waals surface area (Å²) in [5, 5.41) is 13.0. The second kappa shape index (κ2) is 6.31. The maximum Gasteiger partial charge on any atom is 0.268 e. The number of carbonyl (C=O) groups is 1. The molecule has 1 rings (SSSR count). The molecule has 5 nitrogen and oxygen atoms in total. The van der Waals surface area contributed by atoms with Crippen molar-refractivity contribution < 1.29 is 9.90 Å². The van der Waals surface area contributed by atoms with E-state index in [1.165, 1.54) is 0 Å². The van der Waals surface area contributed by atoms with Crippen molar-refractivity contribution in [3.8, 4) is 0 Å². The van der Waals surface area contributed by atoms with E-state index in [-0.39, 0.29) is 18.5 Å². The zero-order valence-corrected chi connectivity index (χ0v) is 13.1. The summed E-state index contributed by atoms with van der Waals surface area (Å²) in [6, 6.07) is 1.82. The van der Waals surface area contributed by atoms with Crippen LogP contribution in [0, 0.1) is 5.92 Å². The lowest BCUT2D eigenvalue weighted by molar-refractivity contribution is 0.0366. The Morgan fingerprint density at radius 3 is 2.55 bits per heavy atom. The van der Waals surface area contributed by atoms with Crippen LogP contribution in [0.3, 0.4) is 0 Å². The SMILES string of the molecule is CC(C)CC(C)(O)CNC(=O)c1cc(N)cn1C(C)C.